The first kappa shape index (κ1) is 25.2. The van der Waals surface area contributed by atoms with Gasteiger partial charge in [0.2, 0.25) is 5.91 Å². The normalized spacial score (nSPS) is 13.5. The Morgan fingerprint density at radius 1 is 1.00 bits per heavy atom. The van der Waals surface area contributed by atoms with Gasteiger partial charge in [0, 0.05) is 25.5 Å². The van der Waals surface area contributed by atoms with Crippen LogP contribution in [0, 0.1) is 5.41 Å². The molecular formula is C26H32N2O6. The number of hydrogen-bond acceptors (Lipinski definition) is 5. The van der Waals surface area contributed by atoms with E-state index in [0.717, 1.165) is 22.3 Å². The second-order valence-corrected chi connectivity index (χ2v) is 8.54. The number of nitrogens with one attached hydrogen (secondary N) is 2. The molecule has 0 bridgehead atoms. The zero-order chi connectivity index (χ0) is 24.7. The molecule has 1 aliphatic rings. The minimum absolute atomic E-state index is 0.00791. The highest BCUT2D eigenvalue weighted by Gasteiger charge is 2.38. The summed E-state index contributed by atoms with van der Waals surface area (Å²) in [4.78, 5) is 36.9. The predicted octanol–water partition coefficient (Wildman–Crippen LogP) is 3.28. The van der Waals surface area contributed by atoms with Crippen LogP contribution < -0.4 is 10.6 Å². The number of carbonyl (C=O) groups excluding carboxylic acids is 2. The fraction of sp³-hybridized carbons (Fsp3) is 0.423. The number of amides is 2. The van der Waals surface area contributed by atoms with Gasteiger partial charge in [-0.05, 0) is 35.1 Å². The van der Waals surface area contributed by atoms with E-state index < -0.39 is 29.4 Å². The Bertz CT molecular complexity index is 988. The number of rotatable bonds is 11. The molecular weight excluding hydrogens is 436 g/mol. The molecule has 0 radical (unpaired) electrons. The molecule has 182 valence electrons. The van der Waals surface area contributed by atoms with Crippen LogP contribution in [-0.2, 0) is 14.3 Å². The van der Waals surface area contributed by atoms with Crippen LogP contribution in [0.1, 0.15) is 50.2 Å². The van der Waals surface area contributed by atoms with Crippen molar-refractivity contribution in [3.63, 3.8) is 0 Å². The van der Waals surface area contributed by atoms with E-state index in [0.29, 0.717) is 12.8 Å². The molecule has 2 amide bonds. The topological polar surface area (TPSA) is 125 Å². The zero-order valence-electron chi connectivity index (χ0n) is 19.5. The van der Waals surface area contributed by atoms with Gasteiger partial charge >= 0.3 is 12.1 Å². The van der Waals surface area contributed by atoms with E-state index in [-0.39, 0.29) is 32.1 Å². The number of aliphatic hydroxyl groups excluding tert-OH is 1. The van der Waals surface area contributed by atoms with Gasteiger partial charge in [0.1, 0.15) is 12.6 Å². The number of aliphatic carboxylic acids is 1. The highest BCUT2D eigenvalue weighted by molar-refractivity contribution is 5.88. The average molecular weight is 469 g/mol. The molecule has 2 aromatic carbocycles. The number of alkyl carbamates (subject to hydrolysis) is 1. The average Bonchev–Trinajstić information content (AvgIpc) is 3.17. The first-order chi connectivity index (χ1) is 16.4. The Kier molecular flexibility index (Phi) is 8.28. The number of ether oxygens (including phenoxy) is 1. The molecule has 3 rings (SSSR count). The third-order valence-corrected chi connectivity index (χ3v) is 6.77. The Morgan fingerprint density at radius 3 is 2.06 bits per heavy atom. The first-order valence-corrected chi connectivity index (χ1v) is 11.6. The van der Waals surface area contributed by atoms with Crippen LogP contribution in [0.2, 0.25) is 0 Å². The van der Waals surface area contributed by atoms with E-state index in [4.69, 9.17) is 9.84 Å². The number of aliphatic hydroxyl groups is 1. The van der Waals surface area contributed by atoms with Crippen LogP contribution in [0.5, 0.6) is 0 Å². The molecule has 0 aromatic heterocycles. The van der Waals surface area contributed by atoms with E-state index in [2.05, 4.69) is 22.8 Å². The summed E-state index contributed by atoms with van der Waals surface area (Å²) >= 11 is 0. The third-order valence-electron chi connectivity index (χ3n) is 6.77. The first-order valence-electron chi connectivity index (χ1n) is 11.6. The molecule has 1 unspecified atom stereocenters. The number of carbonyl (C=O) groups is 3. The lowest BCUT2D eigenvalue weighted by Gasteiger charge is -2.31. The molecule has 4 N–H and O–H groups in total. The van der Waals surface area contributed by atoms with Crippen LogP contribution in [-0.4, -0.2) is 54.0 Å². The smallest absolute Gasteiger partial charge is 0.407 e. The van der Waals surface area contributed by atoms with Gasteiger partial charge in [0.15, 0.2) is 0 Å². The number of fused-ring (bicyclic) bond motifs is 3. The fourth-order valence-electron chi connectivity index (χ4n) is 4.49. The van der Waals surface area contributed by atoms with E-state index in [9.17, 15) is 19.5 Å². The van der Waals surface area contributed by atoms with Crippen LogP contribution in [0.4, 0.5) is 4.79 Å². The number of hydrogen-bond donors (Lipinski definition) is 4. The van der Waals surface area contributed by atoms with Gasteiger partial charge in [-0.1, -0.05) is 62.4 Å². The number of carboxylic acids is 1. The summed E-state index contributed by atoms with van der Waals surface area (Å²) in [6.45, 7) is 3.43. The summed E-state index contributed by atoms with van der Waals surface area (Å²) < 4.78 is 5.55. The predicted molar refractivity (Wildman–Crippen MR) is 127 cm³/mol. The second kappa shape index (κ2) is 11.2. The van der Waals surface area contributed by atoms with Gasteiger partial charge in [-0.25, -0.2) is 9.59 Å². The summed E-state index contributed by atoms with van der Waals surface area (Å²) in [6.07, 6.45) is 0.0605. The summed E-state index contributed by atoms with van der Waals surface area (Å²) in [5.41, 5.74) is 3.49. The van der Waals surface area contributed by atoms with Gasteiger partial charge in [0.05, 0.1) is 5.41 Å². The molecule has 0 heterocycles. The van der Waals surface area contributed by atoms with Gasteiger partial charge < -0.3 is 25.6 Å². The van der Waals surface area contributed by atoms with Gasteiger partial charge in [0.25, 0.3) is 0 Å². The van der Waals surface area contributed by atoms with E-state index in [1.54, 1.807) is 0 Å². The number of carboxylic acid groups (broad SMARTS) is 1. The number of benzene rings is 2. The van der Waals surface area contributed by atoms with Crippen molar-refractivity contribution in [2.45, 2.75) is 45.1 Å². The molecule has 1 atom stereocenters. The SMILES string of the molecule is CCC(CC)(CNC(=O)OCC1c2ccccc2-c2ccccc21)C(=O)NC(CCO)C(=O)O. The maximum atomic E-state index is 12.9. The standard InChI is InChI=1S/C26H32N2O6/c1-3-26(4-2,24(32)28-22(13-14-29)23(30)31)16-27-25(33)34-15-21-19-11-7-5-9-17(19)18-10-6-8-12-20(18)21/h5-12,21-22,29H,3-4,13-16H2,1-2H3,(H,27,33)(H,28,32)(H,30,31). The highest BCUT2D eigenvalue weighted by Crippen LogP contribution is 2.44. The summed E-state index contributed by atoms with van der Waals surface area (Å²) in [6, 6.07) is 14.9. The van der Waals surface area contributed by atoms with Crippen molar-refractivity contribution < 1.29 is 29.3 Å². The maximum absolute atomic E-state index is 12.9. The van der Waals surface area contributed by atoms with Crippen LogP contribution in [0.15, 0.2) is 48.5 Å². The molecule has 34 heavy (non-hydrogen) atoms. The molecule has 0 saturated carbocycles. The van der Waals surface area contributed by atoms with Gasteiger partial charge in [-0.2, -0.15) is 0 Å². The minimum atomic E-state index is -1.21. The molecule has 2 aromatic rings. The van der Waals surface area contributed by atoms with Crippen molar-refractivity contribution >= 4 is 18.0 Å². The molecule has 0 fully saturated rings. The monoisotopic (exact) mass is 468 g/mol. The highest BCUT2D eigenvalue weighted by atomic mass is 16.5. The lowest BCUT2D eigenvalue weighted by atomic mass is 9.81. The van der Waals surface area contributed by atoms with Crippen molar-refractivity contribution in [2.75, 3.05) is 19.8 Å². The lowest BCUT2D eigenvalue weighted by Crippen LogP contribution is -2.52. The Balaban J connectivity index is 1.63. The largest absolute Gasteiger partial charge is 0.480 e. The summed E-state index contributed by atoms with van der Waals surface area (Å²) in [7, 11) is 0. The Hall–Kier alpha value is -3.39. The molecule has 8 nitrogen and oxygen atoms in total. The quantitative estimate of drug-likeness (QED) is 0.401. The third kappa shape index (κ3) is 5.22. The second-order valence-electron chi connectivity index (χ2n) is 8.54. The summed E-state index contributed by atoms with van der Waals surface area (Å²) in [5, 5.41) is 23.5. The van der Waals surface area contributed by atoms with Crippen LogP contribution >= 0.6 is 0 Å². The van der Waals surface area contributed by atoms with Crippen molar-refractivity contribution in [1.82, 2.24) is 10.6 Å². The van der Waals surface area contributed by atoms with E-state index >= 15 is 0 Å². The molecule has 8 heteroatoms. The van der Waals surface area contributed by atoms with Crippen molar-refractivity contribution in [2.24, 2.45) is 5.41 Å². The molecule has 1 aliphatic carbocycles. The van der Waals surface area contributed by atoms with E-state index in [1.165, 1.54) is 0 Å². The molecule has 0 saturated heterocycles. The van der Waals surface area contributed by atoms with Gasteiger partial charge in [-0.3, -0.25) is 4.79 Å². The van der Waals surface area contributed by atoms with Crippen LogP contribution in [0.3, 0.4) is 0 Å². The van der Waals surface area contributed by atoms with Gasteiger partial charge in [-0.15, -0.1) is 0 Å². The van der Waals surface area contributed by atoms with Crippen LogP contribution in [0.25, 0.3) is 11.1 Å². The fourth-order valence-corrected chi connectivity index (χ4v) is 4.49. The minimum Gasteiger partial charge on any atom is -0.480 e. The van der Waals surface area contributed by atoms with Crippen molar-refractivity contribution in [3.8, 4) is 11.1 Å². The Labute approximate surface area is 199 Å². The summed E-state index contributed by atoms with van der Waals surface area (Å²) in [5.74, 6) is -1.76. The zero-order valence-corrected chi connectivity index (χ0v) is 19.5. The van der Waals surface area contributed by atoms with Crippen molar-refractivity contribution in [3.05, 3.63) is 59.7 Å². The lowest BCUT2D eigenvalue weighted by molar-refractivity contribution is -0.144. The maximum Gasteiger partial charge on any atom is 0.407 e. The molecule has 0 spiro atoms. The molecule has 0 aliphatic heterocycles. The van der Waals surface area contributed by atoms with Crippen molar-refractivity contribution in [1.29, 1.82) is 0 Å². The Morgan fingerprint density at radius 2 is 1.56 bits per heavy atom. The van der Waals surface area contributed by atoms with E-state index in [1.807, 2.05) is 50.2 Å².